The molecule has 6 rings (SSSR count). The summed E-state index contributed by atoms with van der Waals surface area (Å²) in [4.78, 5) is 33.7. The number of carbonyl (C=O) groups is 2. The third kappa shape index (κ3) is 2.12. The number of rotatable bonds is 2. The van der Waals surface area contributed by atoms with Crippen LogP contribution in [0.1, 0.15) is 13.3 Å². The van der Waals surface area contributed by atoms with Gasteiger partial charge in [0.05, 0.1) is 38.5 Å². The van der Waals surface area contributed by atoms with Crippen molar-refractivity contribution in [2.24, 2.45) is 5.92 Å². The normalized spacial score (nSPS) is 44.5. The summed E-state index contributed by atoms with van der Waals surface area (Å²) in [6.45, 7) is 2.56. The predicted molar refractivity (Wildman–Crippen MR) is 106 cm³/mol. The number of ketones is 2. The second-order valence-corrected chi connectivity index (χ2v) is 9.42. The summed E-state index contributed by atoms with van der Waals surface area (Å²) in [6.07, 6.45) is 0.694. The maximum atomic E-state index is 13.6. The topological polar surface area (TPSA) is 106 Å². The van der Waals surface area contributed by atoms with Gasteiger partial charge in [0.2, 0.25) is 5.78 Å². The second kappa shape index (κ2) is 6.47. The Morgan fingerprint density at radius 2 is 2.03 bits per heavy atom. The highest BCUT2D eigenvalue weighted by Crippen LogP contribution is 2.54. The minimum Gasteiger partial charge on any atom is -0.492 e. The standard InChI is InChI=1S/C22H26N4O5/c1-9-19(28)15-14(20(29)21(9)30-3)13(8-27)26-12(7-23)11-6-10-16(24(11)2)18(26)17(15)25-4-5-31-22(10)25/h10-13,16-18,22,27H,4-6,8H2,1-3H3/t10-,11-,12?,13+,16-,17-,18-,22-/m0/s1. The van der Waals surface area contributed by atoms with Crippen LogP contribution in [0.3, 0.4) is 0 Å². The number of piperazine rings is 1. The van der Waals surface area contributed by atoms with Crippen molar-refractivity contribution in [3.63, 3.8) is 0 Å². The molecule has 9 nitrogen and oxygen atoms in total. The van der Waals surface area contributed by atoms with Crippen LogP contribution in [0.15, 0.2) is 22.5 Å². The van der Waals surface area contributed by atoms with Gasteiger partial charge in [-0.25, -0.2) is 0 Å². The molecule has 1 aliphatic carbocycles. The third-order valence-corrected chi connectivity index (χ3v) is 8.50. The van der Waals surface area contributed by atoms with Crippen molar-refractivity contribution >= 4 is 11.6 Å². The molecule has 164 valence electrons. The monoisotopic (exact) mass is 426 g/mol. The Bertz CT molecular complexity index is 998. The highest BCUT2D eigenvalue weighted by molar-refractivity contribution is 6.25. The average molecular weight is 426 g/mol. The van der Waals surface area contributed by atoms with Gasteiger partial charge in [-0.2, -0.15) is 5.26 Å². The number of allylic oxidation sites excluding steroid dienone is 2. The predicted octanol–water partition coefficient (Wildman–Crippen LogP) is -0.965. The molecule has 1 unspecified atom stereocenters. The largest absolute Gasteiger partial charge is 0.492 e. The SMILES string of the molecule is COC1=C(C)C(=O)C2=C(C1=O)[C@@H](CO)N1C(C#N)[C@@H]3C[C@H]4[C@@H]([C@H]1[C@H]2N1CCO[C@@H]41)N3C. The lowest BCUT2D eigenvalue weighted by Gasteiger charge is -2.61. The van der Waals surface area contributed by atoms with Gasteiger partial charge >= 0.3 is 0 Å². The Balaban J connectivity index is 1.63. The molecule has 0 aromatic rings. The van der Waals surface area contributed by atoms with Gasteiger partial charge in [0.1, 0.15) is 12.3 Å². The fraction of sp³-hybridized carbons (Fsp3) is 0.682. The van der Waals surface area contributed by atoms with E-state index in [0.29, 0.717) is 29.9 Å². The molecule has 1 N–H and O–H groups in total. The second-order valence-electron chi connectivity index (χ2n) is 9.42. The summed E-state index contributed by atoms with van der Waals surface area (Å²) in [5.41, 5.74) is 1.07. The van der Waals surface area contributed by atoms with E-state index in [1.54, 1.807) is 6.92 Å². The molecule has 5 heterocycles. The average Bonchev–Trinajstić information content (AvgIpc) is 3.34. The van der Waals surface area contributed by atoms with Gasteiger partial charge in [-0.3, -0.25) is 24.3 Å². The Hall–Kier alpha value is -2.09. The van der Waals surface area contributed by atoms with E-state index >= 15 is 0 Å². The molecule has 0 saturated carbocycles. The highest BCUT2D eigenvalue weighted by Gasteiger charge is 2.68. The summed E-state index contributed by atoms with van der Waals surface area (Å²) in [7, 11) is 3.44. The van der Waals surface area contributed by atoms with Crippen LogP contribution in [0.25, 0.3) is 0 Å². The van der Waals surface area contributed by atoms with Gasteiger partial charge in [-0.1, -0.05) is 0 Å². The molecule has 0 spiro atoms. The molecular weight excluding hydrogens is 400 g/mol. The maximum absolute atomic E-state index is 13.6. The van der Waals surface area contributed by atoms with Crippen LogP contribution in [0.5, 0.6) is 0 Å². The van der Waals surface area contributed by atoms with E-state index in [1.807, 2.05) is 4.90 Å². The maximum Gasteiger partial charge on any atom is 0.226 e. The number of nitrogens with zero attached hydrogens (tertiary/aromatic N) is 4. The number of aliphatic hydroxyl groups excluding tert-OH is 1. The fourth-order valence-electron chi connectivity index (χ4n) is 7.45. The zero-order valence-corrected chi connectivity index (χ0v) is 17.8. The highest BCUT2D eigenvalue weighted by atomic mass is 16.5. The van der Waals surface area contributed by atoms with Crippen LogP contribution < -0.4 is 0 Å². The van der Waals surface area contributed by atoms with Gasteiger partial charge in [0, 0.05) is 47.3 Å². The number of methoxy groups -OCH3 is 1. The van der Waals surface area contributed by atoms with E-state index in [-0.39, 0.29) is 60.2 Å². The molecule has 2 bridgehead atoms. The van der Waals surface area contributed by atoms with E-state index in [9.17, 15) is 20.0 Å². The molecule has 0 radical (unpaired) electrons. The molecular formula is C22H26N4O5. The first-order chi connectivity index (χ1) is 15.0. The number of hydrogen-bond donors (Lipinski definition) is 1. The molecule has 4 saturated heterocycles. The Morgan fingerprint density at radius 3 is 2.71 bits per heavy atom. The molecule has 0 aromatic heterocycles. The number of likely N-dealkylation sites (N-methyl/N-ethyl adjacent to an activating group) is 1. The number of Topliss-reactive ketones (excluding diaryl/α,β-unsaturated/α-hetero) is 2. The van der Waals surface area contributed by atoms with Crippen molar-refractivity contribution in [3.05, 3.63) is 22.5 Å². The zero-order valence-electron chi connectivity index (χ0n) is 17.8. The minimum absolute atomic E-state index is 0.00850. The number of piperidine rings is 1. The molecule has 9 heteroatoms. The van der Waals surface area contributed by atoms with Crippen LogP contribution in [-0.4, -0.2) is 108 Å². The van der Waals surface area contributed by atoms with E-state index in [1.165, 1.54) is 7.11 Å². The number of ether oxygens (including phenoxy) is 2. The number of nitriles is 1. The Morgan fingerprint density at radius 1 is 1.26 bits per heavy atom. The molecule has 8 atom stereocenters. The summed E-state index contributed by atoms with van der Waals surface area (Å²) in [5, 5.41) is 20.7. The number of carbonyl (C=O) groups excluding carboxylic acids is 2. The molecule has 5 aliphatic heterocycles. The smallest absolute Gasteiger partial charge is 0.226 e. The van der Waals surface area contributed by atoms with Crippen LogP contribution in [0.4, 0.5) is 0 Å². The van der Waals surface area contributed by atoms with Crippen LogP contribution in [0, 0.1) is 17.2 Å². The van der Waals surface area contributed by atoms with Gasteiger partial charge in [-0.15, -0.1) is 0 Å². The van der Waals surface area contributed by atoms with Gasteiger partial charge in [0.25, 0.3) is 0 Å². The van der Waals surface area contributed by atoms with Crippen molar-refractivity contribution < 1.29 is 24.2 Å². The number of aliphatic hydroxyl groups is 1. The first-order valence-corrected chi connectivity index (χ1v) is 10.9. The first kappa shape index (κ1) is 19.6. The van der Waals surface area contributed by atoms with Crippen LogP contribution in [0.2, 0.25) is 0 Å². The molecule has 0 aromatic carbocycles. The molecule has 6 aliphatic rings. The van der Waals surface area contributed by atoms with E-state index < -0.39 is 12.1 Å². The summed E-state index contributed by atoms with van der Waals surface area (Å²) in [6, 6.07) is 0.854. The van der Waals surface area contributed by atoms with E-state index in [0.717, 1.165) is 6.42 Å². The first-order valence-electron chi connectivity index (χ1n) is 10.9. The summed E-state index contributed by atoms with van der Waals surface area (Å²) in [5.74, 6) is -0.292. The minimum atomic E-state index is -0.701. The van der Waals surface area contributed by atoms with Gasteiger partial charge in [-0.05, 0) is 20.4 Å². The quantitative estimate of drug-likeness (QED) is 0.559. The molecule has 4 fully saturated rings. The summed E-state index contributed by atoms with van der Waals surface area (Å²) >= 11 is 0. The van der Waals surface area contributed by atoms with Crippen molar-refractivity contribution in [1.82, 2.24) is 14.7 Å². The van der Waals surface area contributed by atoms with Crippen molar-refractivity contribution in [3.8, 4) is 6.07 Å². The van der Waals surface area contributed by atoms with Crippen molar-refractivity contribution in [1.29, 1.82) is 5.26 Å². The third-order valence-electron chi connectivity index (χ3n) is 8.50. The van der Waals surface area contributed by atoms with Crippen molar-refractivity contribution in [2.75, 3.05) is 33.9 Å². The Labute approximate surface area is 180 Å². The molecule has 31 heavy (non-hydrogen) atoms. The number of fused-ring (bicyclic) bond motifs is 5. The lowest BCUT2D eigenvalue weighted by Crippen LogP contribution is -2.78. The van der Waals surface area contributed by atoms with Crippen molar-refractivity contribution in [2.45, 2.75) is 55.8 Å². The zero-order chi connectivity index (χ0) is 21.8. The number of hydrogen-bond acceptors (Lipinski definition) is 9. The lowest BCUT2D eigenvalue weighted by molar-refractivity contribution is -0.145. The lowest BCUT2D eigenvalue weighted by atomic mass is 9.69. The Kier molecular flexibility index (Phi) is 4.08. The van der Waals surface area contributed by atoms with Crippen LogP contribution >= 0.6 is 0 Å². The van der Waals surface area contributed by atoms with E-state index in [4.69, 9.17) is 9.47 Å². The van der Waals surface area contributed by atoms with Gasteiger partial charge in [0.15, 0.2) is 11.5 Å². The van der Waals surface area contributed by atoms with Gasteiger partial charge < -0.3 is 14.6 Å². The molecule has 0 amide bonds. The van der Waals surface area contributed by atoms with E-state index in [2.05, 4.69) is 22.9 Å². The summed E-state index contributed by atoms with van der Waals surface area (Å²) < 4.78 is 11.5. The van der Waals surface area contributed by atoms with Crippen LogP contribution in [-0.2, 0) is 19.1 Å². The fourth-order valence-corrected chi connectivity index (χ4v) is 7.45.